The van der Waals surface area contributed by atoms with Gasteiger partial charge in [0.05, 0.1) is 13.7 Å². The standard InChI is InChI=1S/C26H29N5O4/c1-26(19-7-9-20(35-2)10-8-19)24(33)31(25(34)28-26)29-23(32)16-30-13-11-17(12-14-30)22-15-18-5-3-4-6-21(18)27-22/h3-10,15,17,27H,11-14,16H2,1-2H3,(H,28,34)(H,29,32). The molecule has 182 valence electrons. The average molecular weight is 476 g/mol. The number of piperidine rings is 1. The third kappa shape index (κ3) is 4.35. The summed E-state index contributed by atoms with van der Waals surface area (Å²) in [6, 6.07) is 16.7. The Morgan fingerprint density at radius 3 is 2.51 bits per heavy atom. The SMILES string of the molecule is COc1ccc(C2(C)NC(=O)N(NC(=O)CN3CCC(c4cc5ccccc5[nH]4)CC3)C2=O)cc1. The molecule has 2 fully saturated rings. The van der Waals surface area contributed by atoms with Gasteiger partial charge in [0.25, 0.3) is 11.8 Å². The number of fused-ring (bicyclic) bond motifs is 1. The number of amides is 4. The van der Waals surface area contributed by atoms with Crippen molar-refractivity contribution >= 4 is 28.7 Å². The van der Waals surface area contributed by atoms with Crippen molar-refractivity contribution in [2.45, 2.75) is 31.2 Å². The summed E-state index contributed by atoms with van der Waals surface area (Å²) >= 11 is 0. The molecule has 1 atom stereocenters. The summed E-state index contributed by atoms with van der Waals surface area (Å²) in [5.41, 5.74) is 4.20. The highest BCUT2D eigenvalue weighted by Gasteiger charge is 2.50. The van der Waals surface area contributed by atoms with Crippen molar-refractivity contribution in [2.75, 3.05) is 26.7 Å². The van der Waals surface area contributed by atoms with Gasteiger partial charge in [-0.3, -0.25) is 19.9 Å². The Morgan fingerprint density at radius 2 is 1.83 bits per heavy atom. The molecule has 3 heterocycles. The fourth-order valence-corrected chi connectivity index (χ4v) is 4.94. The highest BCUT2D eigenvalue weighted by molar-refractivity contribution is 6.08. The molecule has 1 aromatic heterocycles. The lowest BCUT2D eigenvalue weighted by Crippen LogP contribution is -2.51. The quantitative estimate of drug-likeness (QED) is 0.476. The van der Waals surface area contributed by atoms with Crippen molar-refractivity contribution in [1.82, 2.24) is 25.6 Å². The van der Waals surface area contributed by atoms with Crippen LogP contribution in [0, 0.1) is 0 Å². The lowest BCUT2D eigenvalue weighted by molar-refractivity contribution is -0.139. The second-order valence-electron chi connectivity index (χ2n) is 9.32. The molecule has 0 saturated carbocycles. The van der Waals surface area contributed by atoms with E-state index < -0.39 is 23.4 Å². The van der Waals surface area contributed by atoms with Crippen LogP contribution in [0.4, 0.5) is 4.79 Å². The lowest BCUT2D eigenvalue weighted by atomic mass is 9.92. The maximum atomic E-state index is 13.1. The number of ether oxygens (including phenoxy) is 1. The van der Waals surface area contributed by atoms with Crippen LogP contribution in [-0.4, -0.2) is 59.5 Å². The summed E-state index contributed by atoms with van der Waals surface area (Å²) in [5.74, 6) is 0.139. The number of para-hydroxylation sites is 1. The number of aromatic nitrogens is 1. The number of aromatic amines is 1. The molecule has 3 aromatic rings. The van der Waals surface area contributed by atoms with E-state index in [9.17, 15) is 14.4 Å². The Labute approximate surface area is 203 Å². The van der Waals surface area contributed by atoms with Crippen LogP contribution in [0.1, 0.15) is 36.9 Å². The van der Waals surface area contributed by atoms with E-state index in [2.05, 4.69) is 38.8 Å². The van der Waals surface area contributed by atoms with Gasteiger partial charge in [-0.25, -0.2) is 4.79 Å². The van der Waals surface area contributed by atoms with Gasteiger partial charge in [0.1, 0.15) is 11.3 Å². The number of rotatable bonds is 6. The minimum atomic E-state index is -1.27. The molecule has 35 heavy (non-hydrogen) atoms. The number of nitrogens with zero attached hydrogens (tertiary/aromatic N) is 2. The molecule has 2 aliphatic heterocycles. The van der Waals surface area contributed by atoms with E-state index in [0.29, 0.717) is 17.2 Å². The van der Waals surface area contributed by atoms with Crippen LogP contribution >= 0.6 is 0 Å². The minimum absolute atomic E-state index is 0.121. The van der Waals surface area contributed by atoms with Crippen molar-refractivity contribution in [3.63, 3.8) is 0 Å². The number of hydrogen-bond donors (Lipinski definition) is 3. The molecule has 0 aliphatic carbocycles. The topological polar surface area (TPSA) is 107 Å². The number of benzene rings is 2. The Kier molecular flexibility index (Phi) is 5.94. The van der Waals surface area contributed by atoms with E-state index in [0.717, 1.165) is 36.5 Å². The summed E-state index contributed by atoms with van der Waals surface area (Å²) in [7, 11) is 1.56. The largest absolute Gasteiger partial charge is 0.497 e. The number of likely N-dealkylation sites (tertiary alicyclic amines) is 1. The molecular formula is C26H29N5O4. The number of urea groups is 1. The number of nitrogens with one attached hydrogen (secondary N) is 3. The highest BCUT2D eigenvalue weighted by Crippen LogP contribution is 2.31. The maximum absolute atomic E-state index is 13.1. The molecule has 2 aromatic carbocycles. The first-order valence-corrected chi connectivity index (χ1v) is 11.8. The van der Waals surface area contributed by atoms with E-state index in [4.69, 9.17) is 4.74 Å². The zero-order valence-corrected chi connectivity index (χ0v) is 19.8. The van der Waals surface area contributed by atoms with Gasteiger partial charge in [0.15, 0.2) is 0 Å². The van der Waals surface area contributed by atoms with E-state index in [1.54, 1.807) is 38.3 Å². The third-order valence-electron chi connectivity index (χ3n) is 7.04. The number of imide groups is 1. The second-order valence-corrected chi connectivity index (χ2v) is 9.32. The molecule has 5 rings (SSSR count). The summed E-state index contributed by atoms with van der Waals surface area (Å²) in [6.07, 6.45) is 1.86. The summed E-state index contributed by atoms with van der Waals surface area (Å²) in [4.78, 5) is 43.9. The van der Waals surface area contributed by atoms with Crippen molar-refractivity contribution in [1.29, 1.82) is 0 Å². The second kappa shape index (κ2) is 9.07. The molecule has 2 aliphatic rings. The molecular weight excluding hydrogens is 446 g/mol. The molecule has 0 bridgehead atoms. The zero-order valence-electron chi connectivity index (χ0n) is 19.8. The monoisotopic (exact) mass is 475 g/mol. The van der Waals surface area contributed by atoms with Crippen molar-refractivity contribution < 1.29 is 19.1 Å². The summed E-state index contributed by atoms with van der Waals surface area (Å²) < 4.78 is 5.16. The predicted octanol–water partition coefficient (Wildman–Crippen LogP) is 2.85. The fourth-order valence-electron chi connectivity index (χ4n) is 4.94. The van der Waals surface area contributed by atoms with Crippen LogP contribution in [0.25, 0.3) is 10.9 Å². The number of carbonyl (C=O) groups is 3. The predicted molar refractivity (Wildman–Crippen MR) is 131 cm³/mol. The van der Waals surface area contributed by atoms with E-state index in [-0.39, 0.29) is 6.54 Å². The summed E-state index contributed by atoms with van der Waals surface area (Å²) in [6.45, 7) is 3.26. The van der Waals surface area contributed by atoms with E-state index in [1.165, 1.54) is 11.1 Å². The highest BCUT2D eigenvalue weighted by atomic mass is 16.5. The normalized spacial score (nSPS) is 21.4. The van der Waals surface area contributed by atoms with E-state index in [1.807, 2.05) is 12.1 Å². The van der Waals surface area contributed by atoms with Crippen LogP contribution < -0.4 is 15.5 Å². The van der Waals surface area contributed by atoms with Crippen LogP contribution in [0.2, 0.25) is 0 Å². The summed E-state index contributed by atoms with van der Waals surface area (Å²) in [5, 5.41) is 4.68. The molecule has 3 N–H and O–H groups in total. The van der Waals surface area contributed by atoms with Crippen LogP contribution in [0.5, 0.6) is 5.75 Å². The van der Waals surface area contributed by atoms with Gasteiger partial charge in [-0.15, -0.1) is 0 Å². The number of methoxy groups -OCH3 is 1. The fraction of sp³-hybridized carbons (Fsp3) is 0.346. The first-order chi connectivity index (χ1) is 16.9. The van der Waals surface area contributed by atoms with Crippen LogP contribution in [-0.2, 0) is 15.1 Å². The third-order valence-corrected chi connectivity index (χ3v) is 7.04. The first-order valence-electron chi connectivity index (χ1n) is 11.8. The van der Waals surface area contributed by atoms with Crippen molar-refractivity contribution in [3.8, 4) is 5.75 Å². The van der Waals surface area contributed by atoms with Gasteiger partial charge < -0.3 is 15.0 Å². The average Bonchev–Trinajstić information content (AvgIpc) is 3.40. The van der Waals surface area contributed by atoms with Gasteiger partial charge in [0, 0.05) is 17.1 Å². The molecule has 0 spiro atoms. The number of carbonyl (C=O) groups excluding carboxylic acids is 3. The number of hydrazine groups is 1. The van der Waals surface area contributed by atoms with Gasteiger partial charge in [-0.1, -0.05) is 30.3 Å². The maximum Gasteiger partial charge on any atom is 0.344 e. The minimum Gasteiger partial charge on any atom is -0.497 e. The molecule has 4 amide bonds. The Bertz CT molecular complexity index is 1230. The Balaban J connectivity index is 1.16. The van der Waals surface area contributed by atoms with Gasteiger partial charge in [-0.2, -0.15) is 5.01 Å². The van der Waals surface area contributed by atoms with Gasteiger partial charge >= 0.3 is 6.03 Å². The molecule has 9 heteroatoms. The number of hydrogen-bond acceptors (Lipinski definition) is 5. The molecule has 1 unspecified atom stereocenters. The van der Waals surface area contributed by atoms with Crippen molar-refractivity contribution in [3.05, 3.63) is 65.9 Å². The molecule has 9 nitrogen and oxygen atoms in total. The lowest BCUT2D eigenvalue weighted by Gasteiger charge is -2.31. The Morgan fingerprint density at radius 1 is 1.11 bits per heavy atom. The molecule has 0 radical (unpaired) electrons. The molecule has 2 saturated heterocycles. The number of H-pyrrole nitrogens is 1. The van der Waals surface area contributed by atoms with Crippen LogP contribution in [0.3, 0.4) is 0 Å². The van der Waals surface area contributed by atoms with Gasteiger partial charge in [-0.05, 0) is 68.1 Å². The van der Waals surface area contributed by atoms with Gasteiger partial charge in [0.2, 0.25) is 0 Å². The van der Waals surface area contributed by atoms with Crippen LogP contribution in [0.15, 0.2) is 54.6 Å². The first kappa shape index (κ1) is 22.9. The smallest absolute Gasteiger partial charge is 0.344 e. The Hall–Kier alpha value is -3.85. The van der Waals surface area contributed by atoms with E-state index >= 15 is 0 Å². The zero-order chi connectivity index (χ0) is 24.6. The van der Waals surface area contributed by atoms with Crippen molar-refractivity contribution in [2.24, 2.45) is 0 Å².